The number of amides is 1. The van der Waals surface area contributed by atoms with E-state index in [4.69, 9.17) is 9.47 Å². The Kier molecular flexibility index (Phi) is 6.42. The maximum Gasteiger partial charge on any atom is 0.414 e. The van der Waals surface area contributed by atoms with E-state index in [2.05, 4.69) is 10.4 Å². The second-order valence-corrected chi connectivity index (χ2v) is 9.07. The number of anilines is 1. The molecular weight excluding hydrogens is 454 g/mol. The van der Waals surface area contributed by atoms with Crippen LogP contribution in [0.5, 0.6) is 11.5 Å². The van der Waals surface area contributed by atoms with E-state index in [0.29, 0.717) is 30.3 Å². The quantitative estimate of drug-likeness (QED) is 0.535. The number of benzene rings is 2. The first kappa shape index (κ1) is 23.3. The highest BCUT2D eigenvalue weighted by Crippen LogP contribution is 2.45. The van der Waals surface area contributed by atoms with Gasteiger partial charge >= 0.3 is 6.09 Å². The van der Waals surface area contributed by atoms with Crippen LogP contribution < -0.4 is 15.0 Å². The zero-order valence-electron chi connectivity index (χ0n) is 19.8. The van der Waals surface area contributed by atoms with Gasteiger partial charge in [-0.1, -0.05) is 0 Å². The molecule has 7 nitrogen and oxygen atoms in total. The molecule has 0 spiro atoms. The van der Waals surface area contributed by atoms with Crippen LogP contribution in [0.4, 0.5) is 19.3 Å². The zero-order valence-corrected chi connectivity index (χ0v) is 19.8. The average Bonchev–Trinajstić information content (AvgIpc) is 3.34. The second-order valence-electron chi connectivity index (χ2n) is 9.07. The number of carbonyl (C=O) groups excluding carboxylic acids is 1. The van der Waals surface area contributed by atoms with E-state index >= 15 is 0 Å². The molecule has 2 aliphatic rings. The number of nitrogens with zero attached hydrogens (tertiary/aromatic N) is 3. The van der Waals surface area contributed by atoms with Gasteiger partial charge in [0, 0.05) is 47.1 Å². The van der Waals surface area contributed by atoms with Gasteiger partial charge in [-0.3, -0.25) is 9.58 Å². The molecule has 2 aromatic carbocycles. The third kappa shape index (κ3) is 4.60. The lowest BCUT2D eigenvalue weighted by Gasteiger charge is -2.35. The van der Waals surface area contributed by atoms with Gasteiger partial charge in [0.1, 0.15) is 23.1 Å². The van der Waals surface area contributed by atoms with Crippen LogP contribution in [0.15, 0.2) is 42.7 Å². The average molecular weight is 483 g/mol. The largest absolute Gasteiger partial charge is 0.456 e. The fourth-order valence-corrected chi connectivity index (χ4v) is 4.98. The van der Waals surface area contributed by atoms with E-state index in [0.717, 1.165) is 60.8 Å². The van der Waals surface area contributed by atoms with Crippen molar-refractivity contribution in [1.29, 1.82) is 0 Å². The van der Waals surface area contributed by atoms with E-state index in [1.54, 1.807) is 11.1 Å². The van der Waals surface area contributed by atoms with Crippen molar-refractivity contribution in [3.63, 3.8) is 0 Å². The number of nitrogens with one attached hydrogen (secondary N) is 1. The number of carbonyl (C=O) groups is 1. The molecule has 1 aromatic heterocycles. The lowest BCUT2D eigenvalue weighted by molar-refractivity contribution is 0.175. The molecule has 1 fully saturated rings. The molecule has 0 unspecified atom stereocenters. The molecule has 0 radical (unpaired) electrons. The minimum absolute atomic E-state index is 0.0473. The maximum atomic E-state index is 14.0. The minimum atomic E-state index is -0.727. The van der Waals surface area contributed by atoms with Crippen LogP contribution in [0.2, 0.25) is 0 Å². The Labute approximate surface area is 202 Å². The van der Waals surface area contributed by atoms with Gasteiger partial charge in [0.05, 0.1) is 25.0 Å². The van der Waals surface area contributed by atoms with Gasteiger partial charge in [-0.15, -0.1) is 0 Å². The Bertz CT molecular complexity index is 1220. The molecule has 3 aromatic rings. The van der Waals surface area contributed by atoms with Crippen LogP contribution in [-0.4, -0.2) is 42.1 Å². The summed E-state index contributed by atoms with van der Waals surface area (Å²) >= 11 is 0. The Hall–Kier alpha value is -3.46. The van der Waals surface area contributed by atoms with Gasteiger partial charge in [0.25, 0.3) is 0 Å². The molecule has 5 rings (SSSR count). The van der Waals surface area contributed by atoms with Gasteiger partial charge < -0.3 is 14.8 Å². The summed E-state index contributed by atoms with van der Waals surface area (Å²) in [4.78, 5) is 14.2. The maximum absolute atomic E-state index is 14.0. The second kappa shape index (κ2) is 9.65. The smallest absolute Gasteiger partial charge is 0.414 e. The first-order valence-electron chi connectivity index (χ1n) is 11.9. The summed E-state index contributed by atoms with van der Waals surface area (Å²) in [6.45, 7) is 3.85. The monoisotopic (exact) mass is 482 g/mol. The number of hydrogen-bond acceptors (Lipinski definition) is 5. The lowest BCUT2D eigenvalue weighted by Crippen LogP contribution is -2.42. The molecular formula is C26H28F2N4O3. The summed E-state index contributed by atoms with van der Waals surface area (Å²) in [5.41, 5.74) is 3.02. The van der Waals surface area contributed by atoms with E-state index in [1.807, 2.05) is 29.9 Å². The number of fused-ring (bicyclic) bond motifs is 1. The van der Waals surface area contributed by atoms with Crippen LogP contribution in [0, 0.1) is 11.6 Å². The Morgan fingerprint density at radius 2 is 1.86 bits per heavy atom. The summed E-state index contributed by atoms with van der Waals surface area (Å²) < 4.78 is 41.1. The number of rotatable bonds is 4. The van der Waals surface area contributed by atoms with Gasteiger partial charge in [-0.25, -0.2) is 13.6 Å². The molecule has 0 aliphatic carbocycles. The summed E-state index contributed by atoms with van der Waals surface area (Å²) in [6.07, 6.45) is 6.60. The summed E-state index contributed by atoms with van der Waals surface area (Å²) in [6, 6.07) is 7.07. The molecule has 9 heteroatoms. The van der Waals surface area contributed by atoms with Crippen molar-refractivity contribution in [2.45, 2.75) is 44.7 Å². The van der Waals surface area contributed by atoms with Gasteiger partial charge in [-0.2, -0.15) is 5.10 Å². The standard InChI is InChI=1S/C26H28F2N4O3/c1-16-3-4-23-24(32(16)26(33)34-2)6-5-22(25(23)35-21-12-18(27)11-19(28)13-21)17-14-30-31(15-17)20-7-9-29-10-8-20/h5-6,11-16,20,29H,3-4,7-10H2,1-2H3/t16-/m0/s1. The molecule has 1 atom stereocenters. The fraction of sp³-hybridized carbons (Fsp3) is 0.385. The molecule has 1 amide bonds. The number of halogens is 2. The van der Waals surface area contributed by atoms with Crippen LogP contribution in [0.1, 0.15) is 37.8 Å². The minimum Gasteiger partial charge on any atom is -0.456 e. The molecule has 0 saturated carbocycles. The van der Waals surface area contributed by atoms with Crippen molar-refractivity contribution in [3.8, 4) is 22.6 Å². The molecule has 35 heavy (non-hydrogen) atoms. The summed E-state index contributed by atoms with van der Waals surface area (Å²) in [5, 5.41) is 7.96. The molecule has 0 bridgehead atoms. The third-order valence-corrected chi connectivity index (χ3v) is 6.77. The van der Waals surface area contributed by atoms with Crippen molar-refractivity contribution in [3.05, 3.63) is 59.9 Å². The van der Waals surface area contributed by atoms with Crippen molar-refractivity contribution >= 4 is 11.8 Å². The van der Waals surface area contributed by atoms with Gasteiger partial charge in [-0.05, 0) is 57.8 Å². The number of piperidine rings is 1. The first-order chi connectivity index (χ1) is 16.9. The van der Waals surface area contributed by atoms with Crippen LogP contribution in [0.25, 0.3) is 11.1 Å². The highest BCUT2D eigenvalue weighted by atomic mass is 19.1. The predicted molar refractivity (Wildman–Crippen MR) is 128 cm³/mol. The normalized spacial score (nSPS) is 18.3. The van der Waals surface area contributed by atoms with Crippen molar-refractivity contribution in [2.75, 3.05) is 25.1 Å². The molecule has 2 aliphatic heterocycles. The van der Waals surface area contributed by atoms with Crippen molar-refractivity contribution < 1.29 is 23.0 Å². The van der Waals surface area contributed by atoms with E-state index in [1.165, 1.54) is 7.11 Å². The third-order valence-electron chi connectivity index (χ3n) is 6.77. The fourth-order valence-electron chi connectivity index (χ4n) is 4.98. The van der Waals surface area contributed by atoms with Crippen LogP contribution in [-0.2, 0) is 11.2 Å². The SMILES string of the molecule is COC(=O)N1c2ccc(-c3cnn(C4CCNCC4)c3)c(Oc3cc(F)cc(F)c3)c2CC[C@@H]1C. The van der Waals surface area contributed by atoms with Crippen LogP contribution >= 0.6 is 0 Å². The van der Waals surface area contributed by atoms with Crippen molar-refractivity contribution in [2.24, 2.45) is 0 Å². The topological polar surface area (TPSA) is 68.6 Å². The van der Waals surface area contributed by atoms with Crippen molar-refractivity contribution in [1.82, 2.24) is 15.1 Å². The predicted octanol–water partition coefficient (Wildman–Crippen LogP) is 5.45. The van der Waals surface area contributed by atoms with Crippen LogP contribution in [0.3, 0.4) is 0 Å². The zero-order chi connectivity index (χ0) is 24.5. The lowest BCUT2D eigenvalue weighted by atomic mass is 9.92. The summed E-state index contributed by atoms with van der Waals surface area (Å²) in [5.74, 6) is -0.950. The van der Waals surface area contributed by atoms with Gasteiger partial charge in [0.15, 0.2) is 0 Å². The van der Waals surface area contributed by atoms with Gasteiger partial charge in [0.2, 0.25) is 0 Å². The first-order valence-corrected chi connectivity index (χ1v) is 11.9. The Morgan fingerprint density at radius 3 is 2.57 bits per heavy atom. The van der Waals surface area contributed by atoms with E-state index in [-0.39, 0.29) is 11.8 Å². The molecule has 1 saturated heterocycles. The Balaban J connectivity index is 1.61. The highest BCUT2D eigenvalue weighted by molar-refractivity contribution is 5.92. The molecule has 184 valence electrons. The summed E-state index contributed by atoms with van der Waals surface area (Å²) in [7, 11) is 1.35. The van der Waals surface area contributed by atoms with E-state index in [9.17, 15) is 13.6 Å². The molecule has 3 heterocycles. The highest BCUT2D eigenvalue weighted by Gasteiger charge is 2.32. The Morgan fingerprint density at radius 1 is 1.11 bits per heavy atom. The number of aromatic nitrogens is 2. The number of ether oxygens (including phenoxy) is 2. The van der Waals surface area contributed by atoms with E-state index < -0.39 is 17.7 Å². The number of methoxy groups -OCH3 is 1. The number of hydrogen-bond donors (Lipinski definition) is 1. The molecule has 1 N–H and O–H groups in total.